The van der Waals surface area contributed by atoms with E-state index in [0.29, 0.717) is 6.54 Å². The quantitative estimate of drug-likeness (QED) is 0.933. The zero-order chi connectivity index (χ0) is 15.2. The minimum absolute atomic E-state index is 0.0125. The summed E-state index contributed by atoms with van der Waals surface area (Å²) in [5.74, 6) is 0.967. The number of aromatic nitrogens is 1. The van der Waals surface area contributed by atoms with Gasteiger partial charge >= 0.3 is 6.03 Å². The lowest BCUT2D eigenvalue weighted by molar-refractivity contribution is 0.130. The molecule has 3 heterocycles. The molecule has 3 rings (SSSR count). The van der Waals surface area contributed by atoms with Crippen LogP contribution in [0.15, 0.2) is 47.3 Å². The van der Waals surface area contributed by atoms with Gasteiger partial charge in [-0.15, -0.1) is 0 Å². The molecule has 1 aliphatic heterocycles. The normalized spacial score (nSPS) is 15.7. The molecule has 6 nitrogen and oxygen atoms in total. The maximum atomic E-state index is 12.2. The van der Waals surface area contributed by atoms with Crippen molar-refractivity contribution in [3.05, 3.63) is 54.2 Å². The zero-order valence-electron chi connectivity index (χ0n) is 12.4. The average Bonchev–Trinajstić information content (AvgIpc) is 3.07. The van der Waals surface area contributed by atoms with Gasteiger partial charge in [0.25, 0.3) is 0 Å². The van der Waals surface area contributed by atoms with Crippen molar-refractivity contribution in [2.75, 3.05) is 26.2 Å². The molecule has 0 saturated carbocycles. The molecule has 2 amide bonds. The van der Waals surface area contributed by atoms with Gasteiger partial charge in [-0.2, -0.15) is 0 Å². The summed E-state index contributed by atoms with van der Waals surface area (Å²) < 4.78 is 5.36. The van der Waals surface area contributed by atoms with E-state index in [0.717, 1.165) is 44.0 Å². The molecule has 0 radical (unpaired) electrons. The molecule has 0 unspecified atom stereocenters. The fourth-order valence-corrected chi connectivity index (χ4v) is 2.52. The van der Waals surface area contributed by atoms with Crippen LogP contribution in [0.25, 0.3) is 0 Å². The second-order valence-electron chi connectivity index (χ2n) is 5.36. The number of urea groups is 1. The highest BCUT2D eigenvalue weighted by molar-refractivity contribution is 5.74. The van der Waals surface area contributed by atoms with E-state index < -0.39 is 0 Å². The van der Waals surface area contributed by atoms with Gasteiger partial charge in [0.15, 0.2) is 0 Å². The van der Waals surface area contributed by atoms with E-state index in [2.05, 4.69) is 15.2 Å². The number of rotatable bonds is 4. The molecule has 0 aromatic carbocycles. The topological polar surface area (TPSA) is 61.6 Å². The van der Waals surface area contributed by atoms with Gasteiger partial charge < -0.3 is 14.6 Å². The van der Waals surface area contributed by atoms with E-state index in [1.807, 2.05) is 29.2 Å². The predicted octanol–water partition coefficient (Wildman–Crippen LogP) is 1.70. The van der Waals surface area contributed by atoms with Crippen molar-refractivity contribution in [3.63, 3.8) is 0 Å². The van der Waals surface area contributed by atoms with Gasteiger partial charge in [0.1, 0.15) is 5.76 Å². The van der Waals surface area contributed by atoms with Gasteiger partial charge in [-0.25, -0.2) is 4.79 Å². The van der Waals surface area contributed by atoms with Crippen LogP contribution in [0.4, 0.5) is 4.79 Å². The van der Waals surface area contributed by atoms with Crippen molar-refractivity contribution in [1.82, 2.24) is 20.1 Å². The second kappa shape index (κ2) is 7.09. The van der Waals surface area contributed by atoms with Crippen LogP contribution < -0.4 is 5.32 Å². The molecule has 1 fully saturated rings. The van der Waals surface area contributed by atoms with E-state index >= 15 is 0 Å². The minimum atomic E-state index is -0.0125. The highest BCUT2D eigenvalue weighted by atomic mass is 16.3. The van der Waals surface area contributed by atoms with Crippen LogP contribution in [0.1, 0.15) is 11.3 Å². The summed E-state index contributed by atoms with van der Waals surface area (Å²) in [4.78, 5) is 20.3. The van der Waals surface area contributed by atoms with E-state index in [4.69, 9.17) is 4.42 Å². The predicted molar refractivity (Wildman–Crippen MR) is 82.0 cm³/mol. The SMILES string of the molecule is O=C(NCc1cccnc1)N1CCN(Cc2ccco2)CC1. The van der Waals surface area contributed by atoms with Crippen molar-refractivity contribution < 1.29 is 9.21 Å². The summed E-state index contributed by atoms with van der Waals surface area (Å²) in [6.07, 6.45) is 5.18. The first kappa shape index (κ1) is 14.6. The Morgan fingerprint density at radius 1 is 1.23 bits per heavy atom. The number of pyridine rings is 1. The maximum Gasteiger partial charge on any atom is 0.317 e. The van der Waals surface area contributed by atoms with Gasteiger partial charge in [0.2, 0.25) is 0 Å². The maximum absolute atomic E-state index is 12.2. The second-order valence-corrected chi connectivity index (χ2v) is 5.36. The van der Waals surface area contributed by atoms with Gasteiger partial charge in [-0.05, 0) is 23.8 Å². The van der Waals surface area contributed by atoms with E-state index in [1.165, 1.54) is 0 Å². The van der Waals surface area contributed by atoms with Crippen LogP contribution in [-0.2, 0) is 13.1 Å². The van der Waals surface area contributed by atoms with Gasteiger partial charge in [0, 0.05) is 45.1 Å². The lowest BCUT2D eigenvalue weighted by atomic mass is 10.3. The van der Waals surface area contributed by atoms with Gasteiger partial charge in [0.05, 0.1) is 12.8 Å². The van der Waals surface area contributed by atoms with Crippen LogP contribution in [0.5, 0.6) is 0 Å². The molecule has 116 valence electrons. The molecule has 2 aromatic heterocycles. The first-order chi connectivity index (χ1) is 10.8. The molecule has 1 saturated heterocycles. The summed E-state index contributed by atoms with van der Waals surface area (Å²) in [6, 6.07) is 7.69. The molecule has 0 spiro atoms. The summed E-state index contributed by atoms with van der Waals surface area (Å²) in [7, 11) is 0. The number of nitrogens with one attached hydrogen (secondary N) is 1. The number of hydrogen-bond donors (Lipinski definition) is 1. The smallest absolute Gasteiger partial charge is 0.317 e. The molecular weight excluding hydrogens is 280 g/mol. The molecule has 0 bridgehead atoms. The van der Waals surface area contributed by atoms with E-state index in [1.54, 1.807) is 18.7 Å². The first-order valence-corrected chi connectivity index (χ1v) is 7.48. The molecular formula is C16H20N4O2. The average molecular weight is 300 g/mol. The van der Waals surface area contributed by atoms with Crippen molar-refractivity contribution in [2.45, 2.75) is 13.1 Å². The third kappa shape index (κ3) is 3.85. The summed E-state index contributed by atoms with van der Waals surface area (Å²) in [6.45, 7) is 4.51. The van der Waals surface area contributed by atoms with E-state index in [-0.39, 0.29) is 6.03 Å². The lowest BCUT2D eigenvalue weighted by Gasteiger charge is -2.34. The highest BCUT2D eigenvalue weighted by Crippen LogP contribution is 2.09. The van der Waals surface area contributed by atoms with Crippen LogP contribution in [0.2, 0.25) is 0 Å². The third-order valence-corrected chi connectivity index (χ3v) is 3.79. The highest BCUT2D eigenvalue weighted by Gasteiger charge is 2.21. The standard InChI is InChI=1S/C16H20N4O2/c21-16(18-12-14-3-1-5-17-11-14)20-8-6-19(7-9-20)13-15-4-2-10-22-15/h1-5,10-11H,6-9,12-13H2,(H,18,21). The van der Waals surface area contributed by atoms with Crippen LogP contribution >= 0.6 is 0 Å². The monoisotopic (exact) mass is 300 g/mol. The number of piperazine rings is 1. The molecule has 0 atom stereocenters. The number of nitrogens with zero attached hydrogens (tertiary/aromatic N) is 3. The summed E-state index contributed by atoms with van der Waals surface area (Å²) in [5.41, 5.74) is 1.01. The number of carbonyl (C=O) groups is 1. The molecule has 0 aliphatic carbocycles. The Morgan fingerprint density at radius 3 is 2.77 bits per heavy atom. The van der Waals surface area contributed by atoms with Crippen molar-refractivity contribution in [1.29, 1.82) is 0 Å². The number of furan rings is 1. The molecule has 1 N–H and O–H groups in total. The van der Waals surface area contributed by atoms with Crippen molar-refractivity contribution >= 4 is 6.03 Å². The Kier molecular flexibility index (Phi) is 4.70. The Hall–Kier alpha value is -2.34. The number of carbonyl (C=O) groups excluding carboxylic acids is 1. The Balaban J connectivity index is 1.42. The largest absolute Gasteiger partial charge is 0.468 e. The lowest BCUT2D eigenvalue weighted by Crippen LogP contribution is -2.51. The number of hydrogen-bond acceptors (Lipinski definition) is 4. The molecule has 2 aromatic rings. The van der Waals surface area contributed by atoms with Gasteiger partial charge in [-0.3, -0.25) is 9.88 Å². The molecule has 6 heteroatoms. The van der Waals surface area contributed by atoms with Crippen LogP contribution in [-0.4, -0.2) is 47.0 Å². The van der Waals surface area contributed by atoms with E-state index in [9.17, 15) is 4.79 Å². The van der Waals surface area contributed by atoms with Gasteiger partial charge in [-0.1, -0.05) is 6.07 Å². The Bertz CT molecular complexity index is 577. The fourth-order valence-electron chi connectivity index (χ4n) is 2.52. The summed E-state index contributed by atoms with van der Waals surface area (Å²) in [5, 5.41) is 2.94. The minimum Gasteiger partial charge on any atom is -0.468 e. The van der Waals surface area contributed by atoms with Crippen molar-refractivity contribution in [3.8, 4) is 0 Å². The Labute approximate surface area is 129 Å². The molecule has 22 heavy (non-hydrogen) atoms. The Morgan fingerprint density at radius 2 is 2.09 bits per heavy atom. The third-order valence-electron chi connectivity index (χ3n) is 3.79. The fraction of sp³-hybridized carbons (Fsp3) is 0.375. The van der Waals surface area contributed by atoms with Crippen molar-refractivity contribution in [2.24, 2.45) is 0 Å². The van der Waals surface area contributed by atoms with Crippen LogP contribution in [0, 0.1) is 0 Å². The zero-order valence-corrected chi connectivity index (χ0v) is 12.4. The van der Waals surface area contributed by atoms with Crippen LogP contribution in [0.3, 0.4) is 0 Å². The molecule has 1 aliphatic rings. The first-order valence-electron chi connectivity index (χ1n) is 7.48. The number of amides is 2. The summed E-state index contributed by atoms with van der Waals surface area (Å²) >= 11 is 0.